The zero-order valence-corrected chi connectivity index (χ0v) is 52.0. The summed E-state index contributed by atoms with van der Waals surface area (Å²) >= 11 is 0. The number of fused-ring (bicyclic) bond motifs is 1. The average Bonchev–Trinajstić information content (AvgIpc) is 1.72. The maximum Gasteiger partial charge on any atom is 0.407 e. The molecule has 2 heterocycles. The van der Waals surface area contributed by atoms with Gasteiger partial charge in [0.15, 0.2) is 0 Å². The van der Waals surface area contributed by atoms with Crippen LogP contribution in [-0.2, 0) is 74.3 Å². The SMILES string of the molecule is COC(=O)[C@H](CNC(=O)c1cn(C)c2cc(CNc3nccn3C(c3ccccc3)(c3ccccc3)c3ccccc3)ccc2c1=O)NS(=O)(=O)c1ccc(-c2ccc(S(=O)(=O)NCCCOCCOCCOCCCNC(=O)OCc3ccccc3)cc2)cc1. The van der Waals surface area contributed by atoms with E-state index in [0.29, 0.717) is 88.2 Å². The summed E-state index contributed by atoms with van der Waals surface area (Å²) in [6.45, 7) is 2.69. The highest BCUT2D eigenvalue weighted by Gasteiger charge is 2.40. The van der Waals surface area contributed by atoms with Crippen LogP contribution in [0.25, 0.3) is 22.0 Å². The van der Waals surface area contributed by atoms with Gasteiger partial charge in [-0.3, -0.25) is 19.0 Å². The van der Waals surface area contributed by atoms with Crippen LogP contribution in [0, 0.1) is 0 Å². The number of imidazole rings is 1. The van der Waals surface area contributed by atoms with E-state index in [4.69, 9.17) is 28.7 Å². The summed E-state index contributed by atoms with van der Waals surface area (Å²) in [6, 6.07) is 55.6. The number of amides is 2. The van der Waals surface area contributed by atoms with Gasteiger partial charge >= 0.3 is 12.1 Å². The van der Waals surface area contributed by atoms with Gasteiger partial charge in [0.2, 0.25) is 31.4 Å². The summed E-state index contributed by atoms with van der Waals surface area (Å²) in [5.74, 6) is -1.23. The van der Waals surface area contributed by atoms with E-state index in [0.717, 1.165) is 34.9 Å². The van der Waals surface area contributed by atoms with Crippen LogP contribution in [0.2, 0.25) is 0 Å². The standard InChI is InChI=1S/C68H72N8O13S2/c1-75-48-60(63(77)59-34-25-51(45-62(59)75)46-72-66-69-37-38-76(66)68(54-19-9-4-10-20-54,55-21-11-5-12-22-55)56-23-13-6-14-24-56)64(78)71-47-61(65(79)85-2)74-91(83,84)58-32-28-53(29-33-58)52-26-30-57(31-27-52)90(81,82)73-36-16-40-87-42-44-88-43-41-86-39-15-35-70-67(80)89-49-50-17-7-3-8-18-50/h3-14,17-34,37-38,45,48,61,73-74H,15-16,35-36,39-44,46-47,49H2,1-2H3,(H,69,72)(H,70,80)(H,71,78)/t61-/m0/s1. The van der Waals surface area contributed by atoms with E-state index in [1.54, 1.807) is 42.1 Å². The van der Waals surface area contributed by atoms with Gasteiger partial charge in [-0.25, -0.2) is 31.3 Å². The minimum absolute atomic E-state index is 0.0320. The van der Waals surface area contributed by atoms with Crippen LogP contribution in [-0.4, -0.2) is 121 Å². The Morgan fingerprint density at radius 3 is 1.69 bits per heavy atom. The maximum atomic E-state index is 14.0. The minimum Gasteiger partial charge on any atom is -0.468 e. The highest BCUT2D eigenvalue weighted by Crippen LogP contribution is 2.42. The number of nitrogens with zero attached hydrogens (tertiary/aromatic N) is 3. The first-order chi connectivity index (χ1) is 44.2. The lowest BCUT2D eigenvalue weighted by Crippen LogP contribution is -2.49. The van der Waals surface area contributed by atoms with Crippen molar-refractivity contribution in [1.82, 2.24) is 34.2 Å². The molecular weight excluding hydrogens is 1200 g/mol. The molecule has 7 aromatic carbocycles. The van der Waals surface area contributed by atoms with Crippen molar-refractivity contribution in [3.8, 4) is 11.1 Å². The Kier molecular flexibility index (Phi) is 23.2. The highest BCUT2D eigenvalue weighted by molar-refractivity contribution is 7.89. The maximum absolute atomic E-state index is 14.0. The van der Waals surface area contributed by atoms with Gasteiger partial charge in [-0.2, -0.15) is 4.72 Å². The number of sulfonamides is 2. The molecule has 0 bridgehead atoms. The molecule has 5 N–H and O–H groups in total. The monoisotopic (exact) mass is 1270 g/mol. The molecule has 0 unspecified atom stereocenters. The van der Waals surface area contributed by atoms with Crippen LogP contribution in [0.3, 0.4) is 0 Å². The minimum atomic E-state index is -4.40. The number of rotatable bonds is 33. The van der Waals surface area contributed by atoms with Gasteiger partial charge in [0.1, 0.15) is 23.8 Å². The molecule has 474 valence electrons. The first-order valence-electron chi connectivity index (χ1n) is 29.5. The molecule has 0 spiro atoms. The van der Waals surface area contributed by atoms with Gasteiger partial charge in [-0.15, -0.1) is 0 Å². The highest BCUT2D eigenvalue weighted by atomic mass is 32.2. The molecule has 0 radical (unpaired) electrons. The van der Waals surface area contributed by atoms with Crippen LogP contribution in [0.5, 0.6) is 0 Å². The van der Waals surface area contributed by atoms with Crippen molar-refractivity contribution in [2.75, 3.05) is 71.7 Å². The number of aryl methyl sites for hydroxylation is 1. The molecule has 0 saturated heterocycles. The predicted octanol–water partition coefficient (Wildman–Crippen LogP) is 8.14. The second-order valence-electron chi connectivity index (χ2n) is 21.0. The van der Waals surface area contributed by atoms with Gasteiger partial charge in [-0.1, -0.05) is 152 Å². The van der Waals surface area contributed by atoms with Gasteiger partial charge < -0.3 is 44.2 Å². The molecule has 9 aromatic rings. The topological polar surface area (TPSA) is 266 Å². The molecule has 0 saturated carbocycles. The second kappa shape index (κ2) is 31.9. The summed E-state index contributed by atoms with van der Waals surface area (Å²) in [7, 11) is -5.48. The van der Waals surface area contributed by atoms with E-state index in [-0.39, 0.29) is 33.9 Å². The summed E-state index contributed by atoms with van der Waals surface area (Å²) in [5.41, 5.74) is 4.95. The number of pyridine rings is 1. The Hall–Kier alpha value is -9.33. The Bertz CT molecular complexity index is 4050. The number of alkyl carbamates (subject to hydrolysis) is 1. The molecule has 0 aliphatic heterocycles. The number of aromatic nitrogens is 3. The molecule has 0 aliphatic carbocycles. The number of ether oxygens (including phenoxy) is 5. The number of carbonyl (C=O) groups excluding carboxylic acids is 3. The Labute approximate surface area is 528 Å². The molecule has 0 aliphatic rings. The summed E-state index contributed by atoms with van der Waals surface area (Å²) < 4.78 is 88.9. The predicted molar refractivity (Wildman–Crippen MR) is 345 cm³/mol. The first kappa shape index (κ1) is 66.1. The van der Waals surface area contributed by atoms with Gasteiger partial charge in [0.05, 0.1) is 48.8 Å². The van der Waals surface area contributed by atoms with E-state index in [9.17, 15) is 36.0 Å². The van der Waals surface area contributed by atoms with Crippen LogP contribution >= 0.6 is 0 Å². The quantitative estimate of drug-likeness (QED) is 0.0148. The van der Waals surface area contributed by atoms with Crippen LogP contribution in [0.4, 0.5) is 10.7 Å². The number of hydrogen-bond acceptors (Lipinski definition) is 15. The first-order valence-corrected chi connectivity index (χ1v) is 32.5. The molecule has 1 atom stereocenters. The van der Waals surface area contributed by atoms with Gasteiger partial charge in [0, 0.05) is 70.4 Å². The fraction of sp³-hybridized carbons (Fsp3) is 0.250. The molecule has 2 amide bonds. The lowest BCUT2D eigenvalue weighted by Gasteiger charge is -2.38. The van der Waals surface area contributed by atoms with Crippen molar-refractivity contribution in [3.05, 3.63) is 250 Å². The summed E-state index contributed by atoms with van der Waals surface area (Å²) in [5, 5.41) is 9.02. The molecule has 0 fully saturated rings. The Morgan fingerprint density at radius 2 is 1.13 bits per heavy atom. The molecule has 21 nitrogen and oxygen atoms in total. The van der Waals surface area contributed by atoms with Crippen LogP contribution in [0.15, 0.2) is 221 Å². The third kappa shape index (κ3) is 17.1. The van der Waals surface area contributed by atoms with Crippen molar-refractivity contribution in [2.24, 2.45) is 7.05 Å². The van der Waals surface area contributed by atoms with Crippen molar-refractivity contribution >= 4 is 54.9 Å². The Balaban J connectivity index is 0.720. The van der Waals surface area contributed by atoms with Crippen molar-refractivity contribution in [2.45, 2.75) is 47.4 Å². The average molecular weight is 1270 g/mol. The van der Waals surface area contributed by atoms with E-state index in [1.165, 1.54) is 42.6 Å². The largest absolute Gasteiger partial charge is 0.468 e. The van der Waals surface area contributed by atoms with Gasteiger partial charge in [0.25, 0.3) is 5.91 Å². The van der Waals surface area contributed by atoms with Crippen molar-refractivity contribution in [3.63, 3.8) is 0 Å². The lowest BCUT2D eigenvalue weighted by molar-refractivity contribution is -0.142. The Morgan fingerprint density at radius 1 is 0.604 bits per heavy atom. The molecule has 23 heteroatoms. The van der Waals surface area contributed by atoms with E-state index < -0.39 is 61.6 Å². The lowest BCUT2D eigenvalue weighted by atomic mass is 9.76. The fourth-order valence-electron chi connectivity index (χ4n) is 10.3. The number of methoxy groups -OCH3 is 1. The molecule has 2 aromatic heterocycles. The summed E-state index contributed by atoms with van der Waals surface area (Å²) in [6.07, 6.45) is 5.66. The fourth-order valence-corrected chi connectivity index (χ4v) is 12.6. The zero-order chi connectivity index (χ0) is 64.1. The normalized spacial score (nSPS) is 12.1. The second-order valence-corrected chi connectivity index (χ2v) is 24.5. The number of carbonyl (C=O) groups is 3. The van der Waals surface area contributed by atoms with E-state index in [1.807, 2.05) is 97.2 Å². The van der Waals surface area contributed by atoms with Gasteiger partial charge in [-0.05, 0) is 88.2 Å². The molecular formula is C68H72N8O13S2. The number of anilines is 1. The number of hydrogen-bond donors (Lipinski definition) is 5. The van der Waals surface area contributed by atoms with E-state index >= 15 is 0 Å². The molecule has 91 heavy (non-hydrogen) atoms. The molecule has 9 rings (SSSR count). The third-order valence-corrected chi connectivity index (χ3v) is 17.9. The number of esters is 1. The van der Waals surface area contributed by atoms with E-state index in [2.05, 4.69) is 66.4 Å². The van der Waals surface area contributed by atoms with Crippen LogP contribution < -0.4 is 30.8 Å². The zero-order valence-electron chi connectivity index (χ0n) is 50.4. The van der Waals surface area contributed by atoms with Crippen molar-refractivity contribution in [1.29, 1.82) is 0 Å². The van der Waals surface area contributed by atoms with Crippen LogP contribution in [0.1, 0.15) is 51.0 Å². The number of benzene rings is 7. The smallest absolute Gasteiger partial charge is 0.407 e. The third-order valence-electron chi connectivity index (χ3n) is 14.9. The summed E-state index contributed by atoms with van der Waals surface area (Å²) in [4.78, 5) is 57.1. The van der Waals surface area contributed by atoms with Crippen molar-refractivity contribution < 1.29 is 54.9 Å². The number of nitrogens with one attached hydrogen (secondary N) is 5.